The Kier molecular flexibility index (Phi) is 4.65. The molecule has 1 aromatic rings. The Balaban J connectivity index is 2.02. The smallest absolute Gasteiger partial charge is 0.0369 e. The zero-order chi connectivity index (χ0) is 13.0. The predicted octanol–water partition coefficient (Wildman–Crippen LogP) is 3.07. The molecule has 1 fully saturated rings. The van der Waals surface area contributed by atoms with Gasteiger partial charge < -0.3 is 10.2 Å². The normalized spacial score (nSPS) is 24.3. The molecule has 0 aliphatic carbocycles. The van der Waals surface area contributed by atoms with Gasteiger partial charge in [0.1, 0.15) is 0 Å². The van der Waals surface area contributed by atoms with E-state index in [0.29, 0.717) is 6.04 Å². The van der Waals surface area contributed by atoms with Gasteiger partial charge in [0.15, 0.2) is 0 Å². The van der Waals surface area contributed by atoms with Crippen molar-refractivity contribution in [3.8, 4) is 0 Å². The van der Waals surface area contributed by atoms with Crippen LogP contribution in [0.2, 0.25) is 0 Å². The number of anilines is 1. The molecule has 1 aliphatic rings. The number of hydrogen-bond donors (Lipinski definition) is 1. The lowest BCUT2D eigenvalue weighted by atomic mass is 9.93. The summed E-state index contributed by atoms with van der Waals surface area (Å²) in [5.41, 5.74) is 2.84. The average Bonchev–Trinajstić information content (AvgIpc) is 2.41. The summed E-state index contributed by atoms with van der Waals surface area (Å²) in [4.78, 5) is 2.54. The van der Waals surface area contributed by atoms with Gasteiger partial charge in [-0.3, -0.25) is 0 Å². The molecule has 2 heteroatoms. The molecule has 0 amide bonds. The molecule has 2 rings (SSSR count). The van der Waals surface area contributed by atoms with Crippen LogP contribution in [-0.2, 0) is 6.42 Å². The summed E-state index contributed by atoms with van der Waals surface area (Å²) in [5, 5.41) is 3.60. The molecule has 1 aliphatic heterocycles. The van der Waals surface area contributed by atoms with Crippen LogP contribution in [-0.4, -0.2) is 25.7 Å². The third kappa shape index (κ3) is 3.05. The van der Waals surface area contributed by atoms with Crippen molar-refractivity contribution < 1.29 is 0 Å². The van der Waals surface area contributed by atoms with E-state index in [1.54, 1.807) is 0 Å². The molecular formula is C16H26N2. The van der Waals surface area contributed by atoms with E-state index in [-0.39, 0.29) is 0 Å². The Morgan fingerprint density at radius 2 is 2.17 bits per heavy atom. The Morgan fingerprint density at radius 1 is 1.33 bits per heavy atom. The zero-order valence-corrected chi connectivity index (χ0v) is 11.9. The van der Waals surface area contributed by atoms with Crippen molar-refractivity contribution in [2.24, 2.45) is 5.92 Å². The highest BCUT2D eigenvalue weighted by Gasteiger charge is 2.25. The van der Waals surface area contributed by atoms with Crippen LogP contribution in [0.5, 0.6) is 0 Å². The van der Waals surface area contributed by atoms with Crippen molar-refractivity contribution in [1.82, 2.24) is 5.32 Å². The van der Waals surface area contributed by atoms with Crippen LogP contribution in [0.25, 0.3) is 0 Å². The van der Waals surface area contributed by atoms with E-state index in [0.717, 1.165) is 18.9 Å². The number of aryl methyl sites for hydroxylation is 1. The fraction of sp³-hybridized carbons (Fsp3) is 0.625. The van der Waals surface area contributed by atoms with E-state index in [9.17, 15) is 0 Å². The van der Waals surface area contributed by atoms with E-state index in [2.05, 4.69) is 55.3 Å². The minimum absolute atomic E-state index is 0.695. The van der Waals surface area contributed by atoms with E-state index < -0.39 is 0 Å². The molecule has 2 atom stereocenters. The minimum atomic E-state index is 0.695. The molecule has 1 aromatic carbocycles. The van der Waals surface area contributed by atoms with Gasteiger partial charge in [0.2, 0.25) is 0 Å². The van der Waals surface area contributed by atoms with Gasteiger partial charge in [0.25, 0.3) is 0 Å². The van der Waals surface area contributed by atoms with Crippen molar-refractivity contribution in [2.75, 3.05) is 24.5 Å². The van der Waals surface area contributed by atoms with E-state index >= 15 is 0 Å². The molecule has 0 bridgehead atoms. The summed E-state index contributed by atoms with van der Waals surface area (Å²) in [6.07, 6.45) is 2.38. The molecule has 1 N–H and O–H groups in total. The van der Waals surface area contributed by atoms with Gasteiger partial charge in [-0.25, -0.2) is 0 Å². The molecule has 1 heterocycles. The summed E-state index contributed by atoms with van der Waals surface area (Å²) < 4.78 is 0. The minimum Gasteiger partial charge on any atom is -0.371 e. The molecule has 0 radical (unpaired) electrons. The van der Waals surface area contributed by atoms with Crippen LogP contribution in [0.1, 0.15) is 32.8 Å². The Labute approximate surface area is 111 Å². The number of nitrogens with zero attached hydrogens (tertiary/aromatic N) is 1. The lowest BCUT2D eigenvalue weighted by Crippen LogP contribution is -2.48. The standard InChI is InChI=1S/C16H26N2/c1-4-14-7-6-8-15(11-14)18-10-9-16(17-5-2)13(3)12-18/h6-8,11,13,16-17H,4-5,9-10,12H2,1-3H3. The van der Waals surface area contributed by atoms with Crippen LogP contribution < -0.4 is 10.2 Å². The number of benzene rings is 1. The lowest BCUT2D eigenvalue weighted by Gasteiger charge is -2.38. The quantitative estimate of drug-likeness (QED) is 0.878. The monoisotopic (exact) mass is 246 g/mol. The summed E-state index contributed by atoms with van der Waals surface area (Å²) in [7, 11) is 0. The van der Waals surface area contributed by atoms with Crippen molar-refractivity contribution in [3.63, 3.8) is 0 Å². The highest BCUT2D eigenvalue weighted by Crippen LogP contribution is 2.24. The Bertz CT molecular complexity index is 375. The topological polar surface area (TPSA) is 15.3 Å². The second-order valence-electron chi connectivity index (χ2n) is 5.40. The Morgan fingerprint density at radius 3 is 2.83 bits per heavy atom. The summed E-state index contributed by atoms with van der Waals surface area (Å²) in [6, 6.07) is 9.70. The van der Waals surface area contributed by atoms with Gasteiger partial charge in [0, 0.05) is 24.8 Å². The highest BCUT2D eigenvalue weighted by molar-refractivity contribution is 5.49. The van der Waals surface area contributed by atoms with E-state index in [1.165, 1.54) is 30.8 Å². The van der Waals surface area contributed by atoms with E-state index in [4.69, 9.17) is 0 Å². The molecule has 2 nitrogen and oxygen atoms in total. The number of nitrogens with one attached hydrogen (secondary N) is 1. The first-order chi connectivity index (χ1) is 8.74. The maximum atomic E-state index is 3.60. The molecular weight excluding hydrogens is 220 g/mol. The maximum Gasteiger partial charge on any atom is 0.0369 e. The van der Waals surface area contributed by atoms with Crippen molar-refractivity contribution in [3.05, 3.63) is 29.8 Å². The molecule has 0 spiro atoms. The summed E-state index contributed by atoms with van der Waals surface area (Å²) in [5.74, 6) is 0.726. The predicted molar refractivity (Wildman–Crippen MR) is 79.3 cm³/mol. The Hall–Kier alpha value is -1.02. The number of rotatable bonds is 4. The average molecular weight is 246 g/mol. The van der Waals surface area contributed by atoms with Gasteiger partial charge >= 0.3 is 0 Å². The van der Waals surface area contributed by atoms with Gasteiger partial charge in [0.05, 0.1) is 0 Å². The van der Waals surface area contributed by atoms with Gasteiger partial charge in [-0.15, -0.1) is 0 Å². The molecule has 18 heavy (non-hydrogen) atoms. The van der Waals surface area contributed by atoms with Crippen LogP contribution in [0.3, 0.4) is 0 Å². The largest absolute Gasteiger partial charge is 0.371 e. The molecule has 100 valence electrons. The maximum absolute atomic E-state index is 3.60. The van der Waals surface area contributed by atoms with Gasteiger partial charge in [-0.1, -0.05) is 32.9 Å². The summed E-state index contributed by atoms with van der Waals surface area (Å²) >= 11 is 0. The van der Waals surface area contributed by atoms with Crippen LogP contribution in [0, 0.1) is 5.92 Å². The van der Waals surface area contributed by atoms with Crippen LogP contribution in [0.4, 0.5) is 5.69 Å². The third-order valence-electron chi connectivity index (χ3n) is 4.06. The molecule has 0 aromatic heterocycles. The molecule has 0 saturated carbocycles. The number of piperidine rings is 1. The van der Waals surface area contributed by atoms with Gasteiger partial charge in [-0.2, -0.15) is 0 Å². The lowest BCUT2D eigenvalue weighted by molar-refractivity contribution is 0.327. The first kappa shape index (κ1) is 13.4. The molecule has 1 saturated heterocycles. The van der Waals surface area contributed by atoms with Crippen LogP contribution >= 0.6 is 0 Å². The fourth-order valence-corrected chi connectivity index (χ4v) is 2.92. The molecule has 2 unspecified atom stereocenters. The van der Waals surface area contributed by atoms with Crippen molar-refractivity contribution in [2.45, 2.75) is 39.7 Å². The third-order valence-corrected chi connectivity index (χ3v) is 4.06. The summed E-state index contributed by atoms with van der Waals surface area (Å²) in [6.45, 7) is 10.2. The highest BCUT2D eigenvalue weighted by atomic mass is 15.2. The number of hydrogen-bond acceptors (Lipinski definition) is 2. The van der Waals surface area contributed by atoms with Crippen molar-refractivity contribution in [1.29, 1.82) is 0 Å². The van der Waals surface area contributed by atoms with Crippen molar-refractivity contribution >= 4 is 5.69 Å². The second-order valence-corrected chi connectivity index (χ2v) is 5.40. The zero-order valence-electron chi connectivity index (χ0n) is 11.9. The SMILES string of the molecule is CCNC1CCN(c2cccc(CC)c2)CC1C. The van der Waals surface area contributed by atoms with E-state index in [1.807, 2.05) is 0 Å². The fourth-order valence-electron chi connectivity index (χ4n) is 2.92. The first-order valence-corrected chi connectivity index (χ1v) is 7.31. The second kappa shape index (κ2) is 6.24. The first-order valence-electron chi connectivity index (χ1n) is 7.31. The van der Waals surface area contributed by atoms with Crippen LogP contribution in [0.15, 0.2) is 24.3 Å². The van der Waals surface area contributed by atoms with Gasteiger partial charge in [-0.05, 0) is 43.0 Å².